The van der Waals surface area contributed by atoms with E-state index in [1.165, 1.54) is 0 Å². The van der Waals surface area contributed by atoms with Crippen molar-refractivity contribution >= 4 is 17.8 Å². The van der Waals surface area contributed by atoms with Crippen molar-refractivity contribution in [2.45, 2.75) is 58.0 Å². The average molecular weight is 371 g/mol. The lowest BCUT2D eigenvalue weighted by Crippen LogP contribution is -2.49. The Morgan fingerprint density at radius 3 is 2.44 bits per heavy atom. The van der Waals surface area contributed by atoms with Crippen LogP contribution in [0.2, 0.25) is 0 Å². The van der Waals surface area contributed by atoms with Crippen LogP contribution in [0.15, 0.2) is 24.3 Å². The molecule has 1 aliphatic carbocycles. The van der Waals surface area contributed by atoms with Gasteiger partial charge in [0.05, 0.1) is 0 Å². The first-order valence-corrected chi connectivity index (χ1v) is 9.82. The minimum atomic E-state index is -0.733. The van der Waals surface area contributed by atoms with Crippen LogP contribution in [-0.4, -0.2) is 58.2 Å². The number of imide groups is 1. The van der Waals surface area contributed by atoms with Crippen molar-refractivity contribution < 1.29 is 14.4 Å². The zero-order chi connectivity index (χ0) is 19.6. The molecule has 3 rings (SSSR count). The Balaban J connectivity index is 1.73. The van der Waals surface area contributed by atoms with Gasteiger partial charge < -0.3 is 9.80 Å². The first-order valence-electron chi connectivity index (χ1n) is 9.82. The van der Waals surface area contributed by atoms with Gasteiger partial charge in [-0.2, -0.15) is 0 Å². The van der Waals surface area contributed by atoms with Gasteiger partial charge in [0, 0.05) is 20.1 Å². The normalized spacial score (nSPS) is 19.1. The molecule has 6 nitrogen and oxygen atoms in total. The van der Waals surface area contributed by atoms with E-state index in [9.17, 15) is 14.4 Å². The van der Waals surface area contributed by atoms with E-state index in [-0.39, 0.29) is 24.4 Å². The summed E-state index contributed by atoms with van der Waals surface area (Å²) in [6, 6.07) is 7.60. The quantitative estimate of drug-likeness (QED) is 0.748. The fourth-order valence-corrected chi connectivity index (χ4v) is 4.28. The van der Waals surface area contributed by atoms with Gasteiger partial charge in [0.2, 0.25) is 5.91 Å². The van der Waals surface area contributed by atoms with Crippen LogP contribution in [0.3, 0.4) is 0 Å². The zero-order valence-corrected chi connectivity index (χ0v) is 16.5. The monoisotopic (exact) mass is 371 g/mol. The molecule has 0 atom stereocenters. The number of urea groups is 1. The zero-order valence-electron chi connectivity index (χ0n) is 16.5. The summed E-state index contributed by atoms with van der Waals surface area (Å²) in [6.07, 6.45) is 4.37. The average Bonchev–Trinajstić information content (AvgIpc) is 2.84. The van der Waals surface area contributed by atoms with Crippen LogP contribution in [0, 0.1) is 6.92 Å². The highest BCUT2D eigenvalue weighted by Crippen LogP contribution is 2.39. The van der Waals surface area contributed by atoms with Crippen molar-refractivity contribution in [2.75, 3.05) is 20.1 Å². The van der Waals surface area contributed by atoms with Crippen LogP contribution in [0.5, 0.6) is 0 Å². The molecule has 1 spiro atoms. The molecule has 2 aliphatic rings. The molecule has 1 heterocycles. The van der Waals surface area contributed by atoms with Gasteiger partial charge in [-0.15, -0.1) is 0 Å². The van der Waals surface area contributed by atoms with E-state index in [0.717, 1.165) is 35.3 Å². The summed E-state index contributed by atoms with van der Waals surface area (Å²) in [5, 5.41) is 0. The fourth-order valence-electron chi connectivity index (χ4n) is 4.28. The Bertz CT molecular complexity index is 740. The van der Waals surface area contributed by atoms with Gasteiger partial charge in [-0.05, 0) is 37.8 Å². The predicted octanol–water partition coefficient (Wildman–Crippen LogP) is 2.94. The fraction of sp³-hybridized carbons (Fsp3) is 0.571. The van der Waals surface area contributed by atoms with Crippen LogP contribution >= 0.6 is 0 Å². The molecule has 0 N–H and O–H groups in total. The molecule has 2 fully saturated rings. The second-order valence-corrected chi connectivity index (χ2v) is 7.66. The Kier molecular flexibility index (Phi) is 5.53. The number of carbonyl (C=O) groups excluding carboxylic acids is 3. The summed E-state index contributed by atoms with van der Waals surface area (Å²) in [6.45, 7) is 4.77. The molecule has 1 aliphatic heterocycles. The molecule has 146 valence electrons. The van der Waals surface area contributed by atoms with E-state index in [1.807, 2.05) is 38.1 Å². The molecule has 6 heteroatoms. The number of rotatable bonds is 5. The lowest BCUT2D eigenvalue weighted by molar-refractivity contribution is -0.140. The number of hydrogen-bond acceptors (Lipinski definition) is 3. The van der Waals surface area contributed by atoms with Gasteiger partial charge in [0.15, 0.2) is 0 Å². The highest BCUT2D eigenvalue weighted by molar-refractivity contribution is 6.08. The van der Waals surface area contributed by atoms with Crippen LogP contribution in [0.25, 0.3) is 0 Å². The molecule has 0 aromatic heterocycles. The van der Waals surface area contributed by atoms with E-state index < -0.39 is 5.54 Å². The van der Waals surface area contributed by atoms with E-state index in [4.69, 9.17) is 0 Å². The largest absolute Gasteiger partial charge is 0.337 e. The number of nitrogens with zero attached hydrogens (tertiary/aromatic N) is 3. The Morgan fingerprint density at radius 2 is 1.81 bits per heavy atom. The van der Waals surface area contributed by atoms with E-state index in [0.29, 0.717) is 25.9 Å². The molecular weight excluding hydrogens is 342 g/mol. The van der Waals surface area contributed by atoms with Crippen LogP contribution in [0.1, 0.15) is 50.2 Å². The van der Waals surface area contributed by atoms with Crippen molar-refractivity contribution in [1.82, 2.24) is 14.7 Å². The maximum atomic E-state index is 13.1. The molecule has 27 heavy (non-hydrogen) atoms. The number of benzene rings is 1. The van der Waals surface area contributed by atoms with Gasteiger partial charge in [0.1, 0.15) is 12.1 Å². The molecule has 0 radical (unpaired) electrons. The topological polar surface area (TPSA) is 60.9 Å². The lowest BCUT2D eigenvalue weighted by atomic mass is 9.81. The van der Waals surface area contributed by atoms with Crippen molar-refractivity contribution in [1.29, 1.82) is 0 Å². The maximum absolute atomic E-state index is 13.1. The summed E-state index contributed by atoms with van der Waals surface area (Å²) in [7, 11) is 1.70. The van der Waals surface area contributed by atoms with Crippen molar-refractivity contribution in [3.05, 3.63) is 35.4 Å². The summed E-state index contributed by atoms with van der Waals surface area (Å²) in [5.74, 6) is -0.390. The van der Waals surface area contributed by atoms with E-state index in [2.05, 4.69) is 0 Å². The molecular formula is C21H29N3O3. The molecule has 0 bridgehead atoms. The van der Waals surface area contributed by atoms with Gasteiger partial charge in [-0.1, -0.05) is 43.5 Å². The van der Waals surface area contributed by atoms with Gasteiger partial charge in [0.25, 0.3) is 5.91 Å². The minimum Gasteiger partial charge on any atom is -0.337 e. The third-order valence-corrected chi connectivity index (χ3v) is 6.13. The molecule has 1 saturated carbocycles. The molecule has 1 aromatic carbocycles. The summed E-state index contributed by atoms with van der Waals surface area (Å²) < 4.78 is 0. The van der Waals surface area contributed by atoms with Gasteiger partial charge in [-0.25, -0.2) is 4.79 Å². The van der Waals surface area contributed by atoms with Crippen molar-refractivity contribution in [2.24, 2.45) is 0 Å². The SMILES string of the molecule is CCN(Cc1ccccc1C)C(=O)CN1C(=O)N(C)C2(CCCCC2)C1=O. The number of amides is 4. The van der Waals surface area contributed by atoms with E-state index in [1.54, 1.807) is 16.8 Å². The maximum Gasteiger partial charge on any atom is 0.327 e. The molecule has 0 unspecified atom stereocenters. The highest BCUT2D eigenvalue weighted by Gasteiger charge is 2.55. The Morgan fingerprint density at radius 1 is 1.15 bits per heavy atom. The summed E-state index contributed by atoms with van der Waals surface area (Å²) in [5.41, 5.74) is 1.47. The first kappa shape index (κ1) is 19.4. The third kappa shape index (κ3) is 3.45. The third-order valence-electron chi connectivity index (χ3n) is 6.13. The smallest absolute Gasteiger partial charge is 0.327 e. The number of hydrogen-bond donors (Lipinski definition) is 0. The van der Waals surface area contributed by atoms with Gasteiger partial charge >= 0.3 is 6.03 Å². The van der Waals surface area contributed by atoms with Crippen molar-refractivity contribution in [3.63, 3.8) is 0 Å². The van der Waals surface area contributed by atoms with E-state index >= 15 is 0 Å². The van der Waals surface area contributed by atoms with Crippen LogP contribution in [-0.2, 0) is 16.1 Å². The second kappa shape index (κ2) is 7.71. The number of aryl methyl sites for hydroxylation is 1. The van der Waals surface area contributed by atoms with Crippen LogP contribution < -0.4 is 0 Å². The first-order chi connectivity index (χ1) is 12.9. The van der Waals surface area contributed by atoms with Crippen molar-refractivity contribution in [3.8, 4) is 0 Å². The summed E-state index contributed by atoms with van der Waals surface area (Å²) >= 11 is 0. The lowest BCUT2D eigenvalue weighted by Gasteiger charge is -2.35. The van der Waals surface area contributed by atoms with Crippen LogP contribution in [0.4, 0.5) is 4.79 Å². The molecule has 4 amide bonds. The second-order valence-electron chi connectivity index (χ2n) is 7.66. The Hall–Kier alpha value is -2.37. The highest BCUT2D eigenvalue weighted by atomic mass is 16.2. The Labute approximate surface area is 161 Å². The minimum absolute atomic E-state index is 0.177. The molecule has 1 aromatic rings. The standard InChI is InChI=1S/C21H29N3O3/c1-4-23(14-17-11-7-6-10-16(17)2)18(25)15-24-19(26)21(22(3)20(24)27)12-8-5-9-13-21/h6-7,10-11H,4-5,8-9,12-15H2,1-3H3. The summed E-state index contributed by atoms with van der Waals surface area (Å²) in [4.78, 5) is 43.1. The number of carbonyl (C=O) groups is 3. The predicted molar refractivity (Wildman–Crippen MR) is 103 cm³/mol. The number of likely N-dealkylation sites (N-methyl/N-ethyl adjacent to an activating group) is 2. The molecule has 1 saturated heterocycles. The van der Waals surface area contributed by atoms with Gasteiger partial charge in [-0.3, -0.25) is 14.5 Å².